The molecule has 1 fully saturated rings. The van der Waals surface area contributed by atoms with E-state index in [9.17, 15) is 14.0 Å². The fraction of sp³-hybridized carbons (Fsp3) is 0.333. The maximum Gasteiger partial charge on any atom is 0.227 e. The summed E-state index contributed by atoms with van der Waals surface area (Å²) in [6.07, 6.45) is 2.35. The average molecular weight is 354 g/mol. The summed E-state index contributed by atoms with van der Waals surface area (Å²) in [5.74, 6) is -0.583. The van der Waals surface area contributed by atoms with Crippen molar-refractivity contribution >= 4 is 23.2 Å². The monoisotopic (exact) mass is 354 g/mol. The summed E-state index contributed by atoms with van der Waals surface area (Å²) < 4.78 is 13.3. The van der Waals surface area contributed by atoms with E-state index in [0.29, 0.717) is 17.8 Å². The molecule has 4 nitrogen and oxygen atoms in total. The molecular formula is C21H23FN2O2. The third-order valence-corrected chi connectivity index (χ3v) is 4.59. The Kier molecular flexibility index (Phi) is 5.35. The molecule has 136 valence electrons. The van der Waals surface area contributed by atoms with Crippen LogP contribution in [0.5, 0.6) is 0 Å². The number of nitrogens with one attached hydrogen (secondary N) is 2. The Morgan fingerprint density at radius 3 is 2.62 bits per heavy atom. The molecule has 1 unspecified atom stereocenters. The van der Waals surface area contributed by atoms with Crippen molar-refractivity contribution in [3.63, 3.8) is 0 Å². The first-order valence-corrected chi connectivity index (χ1v) is 8.89. The molecular weight excluding hydrogens is 331 g/mol. The molecule has 1 saturated carbocycles. The number of rotatable bonds is 6. The maximum absolute atomic E-state index is 13.3. The predicted octanol–water partition coefficient (Wildman–Crippen LogP) is 4.30. The van der Waals surface area contributed by atoms with Gasteiger partial charge in [0, 0.05) is 23.2 Å². The smallest absolute Gasteiger partial charge is 0.227 e. The standard InChI is InChI=1S/C21H23FN2O2/c1-13-6-9-18(23-21(26)16-7-8-16)12-19(13)24-20(25)14(2)10-15-4-3-5-17(22)11-15/h3-6,9,11-12,14,16H,7-8,10H2,1-2H3,(H,23,26)(H,24,25). The summed E-state index contributed by atoms with van der Waals surface area (Å²) >= 11 is 0. The lowest BCUT2D eigenvalue weighted by molar-refractivity contribution is -0.119. The van der Waals surface area contributed by atoms with Crippen molar-refractivity contribution in [2.75, 3.05) is 10.6 Å². The van der Waals surface area contributed by atoms with Crippen molar-refractivity contribution in [3.05, 3.63) is 59.4 Å². The van der Waals surface area contributed by atoms with E-state index in [2.05, 4.69) is 10.6 Å². The highest BCUT2D eigenvalue weighted by Crippen LogP contribution is 2.31. The molecule has 5 heteroatoms. The molecule has 0 aromatic heterocycles. The van der Waals surface area contributed by atoms with Gasteiger partial charge in [0.15, 0.2) is 0 Å². The highest BCUT2D eigenvalue weighted by atomic mass is 19.1. The zero-order chi connectivity index (χ0) is 18.7. The fourth-order valence-electron chi connectivity index (χ4n) is 2.79. The van der Waals surface area contributed by atoms with E-state index in [1.807, 2.05) is 32.0 Å². The number of hydrogen-bond donors (Lipinski definition) is 2. The molecule has 2 N–H and O–H groups in total. The number of anilines is 2. The minimum absolute atomic E-state index is 0.0330. The van der Waals surface area contributed by atoms with Crippen molar-refractivity contribution in [2.45, 2.75) is 33.1 Å². The number of halogens is 1. The van der Waals surface area contributed by atoms with Crippen LogP contribution in [0, 0.1) is 24.6 Å². The summed E-state index contributed by atoms with van der Waals surface area (Å²) in [7, 11) is 0. The van der Waals surface area contributed by atoms with E-state index < -0.39 is 0 Å². The molecule has 3 rings (SSSR count). The number of carbonyl (C=O) groups excluding carboxylic acids is 2. The van der Waals surface area contributed by atoms with E-state index in [1.165, 1.54) is 12.1 Å². The van der Waals surface area contributed by atoms with Gasteiger partial charge in [-0.3, -0.25) is 9.59 Å². The van der Waals surface area contributed by atoms with E-state index in [0.717, 1.165) is 24.0 Å². The Morgan fingerprint density at radius 1 is 1.15 bits per heavy atom. The topological polar surface area (TPSA) is 58.2 Å². The van der Waals surface area contributed by atoms with E-state index >= 15 is 0 Å². The molecule has 1 aliphatic rings. The zero-order valence-electron chi connectivity index (χ0n) is 15.0. The first kappa shape index (κ1) is 18.1. The number of carbonyl (C=O) groups is 2. The van der Waals surface area contributed by atoms with Crippen molar-refractivity contribution in [3.8, 4) is 0 Å². The molecule has 2 aromatic rings. The largest absolute Gasteiger partial charge is 0.326 e. The SMILES string of the molecule is Cc1ccc(NC(=O)C2CC2)cc1NC(=O)C(C)Cc1cccc(F)c1. The van der Waals surface area contributed by atoms with Crippen LogP contribution >= 0.6 is 0 Å². The minimum Gasteiger partial charge on any atom is -0.326 e. The summed E-state index contributed by atoms with van der Waals surface area (Å²) in [5.41, 5.74) is 3.06. The molecule has 0 spiro atoms. The van der Waals surface area contributed by atoms with Crippen LogP contribution in [-0.4, -0.2) is 11.8 Å². The lowest BCUT2D eigenvalue weighted by atomic mass is 10.00. The van der Waals surface area contributed by atoms with Gasteiger partial charge >= 0.3 is 0 Å². The quantitative estimate of drug-likeness (QED) is 0.812. The van der Waals surface area contributed by atoms with Gasteiger partial charge < -0.3 is 10.6 Å². The molecule has 0 bridgehead atoms. The number of amides is 2. The van der Waals surface area contributed by atoms with Crippen LogP contribution in [0.4, 0.5) is 15.8 Å². The Bertz CT molecular complexity index is 831. The van der Waals surface area contributed by atoms with Gasteiger partial charge in [0.05, 0.1) is 0 Å². The molecule has 26 heavy (non-hydrogen) atoms. The zero-order valence-corrected chi connectivity index (χ0v) is 15.0. The van der Waals surface area contributed by atoms with Crippen LogP contribution in [0.3, 0.4) is 0 Å². The normalized spacial score (nSPS) is 14.6. The number of aryl methyl sites for hydroxylation is 1. The minimum atomic E-state index is -0.305. The summed E-state index contributed by atoms with van der Waals surface area (Å²) in [6, 6.07) is 11.8. The molecule has 2 amide bonds. The average Bonchev–Trinajstić information content (AvgIpc) is 3.43. The van der Waals surface area contributed by atoms with Crippen molar-refractivity contribution < 1.29 is 14.0 Å². The molecule has 1 aliphatic carbocycles. The molecule has 0 aliphatic heterocycles. The summed E-state index contributed by atoms with van der Waals surface area (Å²) in [6.45, 7) is 3.72. The second kappa shape index (κ2) is 7.68. The summed E-state index contributed by atoms with van der Waals surface area (Å²) in [5, 5.41) is 5.81. The fourth-order valence-corrected chi connectivity index (χ4v) is 2.79. The first-order valence-electron chi connectivity index (χ1n) is 8.89. The highest BCUT2D eigenvalue weighted by Gasteiger charge is 2.29. The molecule has 0 heterocycles. The van der Waals surface area contributed by atoms with Crippen LogP contribution in [-0.2, 0) is 16.0 Å². The van der Waals surface area contributed by atoms with Crippen molar-refractivity contribution in [1.82, 2.24) is 0 Å². The maximum atomic E-state index is 13.3. The Labute approximate surface area is 152 Å². The lowest BCUT2D eigenvalue weighted by Gasteiger charge is -2.15. The highest BCUT2D eigenvalue weighted by molar-refractivity contribution is 5.97. The predicted molar refractivity (Wildman–Crippen MR) is 100 cm³/mol. The van der Waals surface area contributed by atoms with Gasteiger partial charge in [0.1, 0.15) is 5.82 Å². The van der Waals surface area contributed by atoms with E-state index in [-0.39, 0.29) is 29.5 Å². The van der Waals surface area contributed by atoms with E-state index in [1.54, 1.807) is 12.1 Å². The van der Waals surface area contributed by atoms with Gasteiger partial charge in [-0.2, -0.15) is 0 Å². The second-order valence-electron chi connectivity index (χ2n) is 7.02. The molecule has 2 aromatic carbocycles. The Balaban J connectivity index is 1.64. The van der Waals surface area contributed by atoms with Gasteiger partial charge in [-0.15, -0.1) is 0 Å². The lowest BCUT2D eigenvalue weighted by Crippen LogP contribution is -2.23. The number of hydrogen-bond acceptors (Lipinski definition) is 2. The number of benzene rings is 2. The van der Waals surface area contributed by atoms with E-state index in [4.69, 9.17) is 0 Å². The molecule has 0 radical (unpaired) electrons. The Morgan fingerprint density at radius 2 is 1.92 bits per heavy atom. The van der Waals surface area contributed by atoms with Crippen LogP contribution < -0.4 is 10.6 Å². The second-order valence-corrected chi connectivity index (χ2v) is 7.02. The first-order chi connectivity index (χ1) is 12.4. The van der Waals surface area contributed by atoms with Crippen LogP contribution in [0.2, 0.25) is 0 Å². The Hall–Kier alpha value is -2.69. The third-order valence-electron chi connectivity index (χ3n) is 4.59. The summed E-state index contributed by atoms with van der Waals surface area (Å²) in [4.78, 5) is 24.4. The van der Waals surface area contributed by atoms with Gasteiger partial charge in [-0.05, 0) is 61.6 Å². The van der Waals surface area contributed by atoms with Gasteiger partial charge in [-0.1, -0.05) is 25.1 Å². The van der Waals surface area contributed by atoms with Gasteiger partial charge in [0.2, 0.25) is 11.8 Å². The van der Waals surface area contributed by atoms with Crippen LogP contribution in [0.25, 0.3) is 0 Å². The third kappa shape index (κ3) is 4.69. The van der Waals surface area contributed by atoms with Gasteiger partial charge in [-0.25, -0.2) is 4.39 Å². The van der Waals surface area contributed by atoms with Crippen molar-refractivity contribution in [2.24, 2.45) is 11.8 Å². The van der Waals surface area contributed by atoms with Crippen LogP contribution in [0.1, 0.15) is 30.9 Å². The molecule has 1 atom stereocenters. The van der Waals surface area contributed by atoms with Crippen LogP contribution in [0.15, 0.2) is 42.5 Å². The molecule has 0 saturated heterocycles. The van der Waals surface area contributed by atoms with Gasteiger partial charge in [0.25, 0.3) is 0 Å². The van der Waals surface area contributed by atoms with Crippen molar-refractivity contribution in [1.29, 1.82) is 0 Å².